The lowest BCUT2D eigenvalue weighted by Gasteiger charge is -2.16. The highest BCUT2D eigenvalue weighted by molar-refractivity contribution is 9.10. The highest BCUT2D eigenvalue weighted by Crippen LogP contribution is 2.25. The minimum absolute atomic E-state index is 0.310. The van der Waals surface area contributed by atoms with E-state index in [4.69, 9.17) is 11.6 Å². The molecular formula is C9H9BrClF3N2O2S. The molecule has 1 heterocycles. The molecule has 0 aliphatic rings. The van der Waals surface area contributed by atoms with E-state index in [9.17, 15) is 21.6 Å². The first-order valence-electron chi connectivity index (χ1n) is 4.91. The number of aromatic nitrogens is 1. The Morgan fingerprint density at radius 3 is 2.63 bits per heavy atom. The van der Waals surface area contributed by atoms with E-state index in [1.807, 2.05) is 4.72 Å². The average molecular weight is 382 g/mol. The van der Waals surface area contributed by atoms with Gasteiger partial charge in [0, 0.05) is 16.7 Å². The van der Waals surface area contributed by atoms with Gasteiger partial charge in [-0.1, -0.05) is 11.6 Å². The predicted molar refractivity (Wildman–Crippen MR) is 67.4 cm³/mol. The van der Waals surface area contributed by atoms with E-state index in [1.54, 1.807) is 0 Å². The predicted octanol–water partition coefficient (Wildman–Crippen LogP) is 3.12. The molecule has 1 N–H and O–H groups in total. The van der Waals surface area contributed by atoms with Crippen molar-refractivity contribution < 1.29 is 21.6 Å². The molecule has 0 radical (unpaired) electrons. The second kappa shape index (κ2) is 5.94. The van der Waals surface area contributed by atoms with Crippen LogP contribution in [0.4, 0.5) is 13.2 Å². The Labute approximate surface area is 121 Å². The molecule has 1 aromatic rings. The molecule has 0 aliphatic carbocycles. The van der Waals surface area contributed by atoms with Crippen molar-refractivity contribution in [3.63, 3.8) is 0 Å². The third-order valence-electron chi connectivity index (χ3n) is 1.96. The molecular weight excluding hydrogens is 373 g/mol. The molecule has 19 heavy (non-hydrogen) atoms. The largest absolute Gasteiger partial charge is 0.390 e. The van der Waals surface area contributed by atoms with Crippen LogP contribution in [0.5, 0.6) is 0 Å². The molecule has 0 aliphatic heterocycles. The summed E-state index contributed by atoms with van der Waals surface area (Å²) in [6, 6.07) is -0.141. The van der Waals surface area contributed by atoms with Crippen LogP contribution in [0.2, 0.25) is 5.15 Å². The van der Waals surface area contributed by atoms with Crippen LogP contribution in [0.25, 0.3) is 0 Å². The fourth-order valence-electron chi connectivity index (χ4n) is 1.31. The molecule has 0 saturated heterocycles. The van der Waals surface area contributed by atoms with Crippen LogP contribution < -0.4 is 4.72 Å². The van der Waals surface area contributed by atoms with E-state index >= 15 is 0 Å². The number of nitrogens with one attached hydrogen (secondary N) is 1. The van der Waals surface area contributed by atoms with Gasteiger partial charge in [-0.05, 0) is 28.9 Å². The summed E-state index contributed by atoms with van der Waals surface area (Å²) in [5.74, 6) is 0. The lowest BCUT2D eigenvalue weighted by Crippen LogP contribution is -2.36. The SMILES string of the molecule is CC(CC(F)(F)F)NS(=O)(=O)c1cc(Br)cnc1Cl. The number of hydrogen-bond donors (Lipinski definition) is 1. The fourth-order valence-corrected chi connectivity index (χ4v) is 3.50. The Balaban J connectivity index is 2.96. The smallest absolute Gasteiger partial charge is 0.242 e. The van der Waals surface area contributed by atoms with Crippen molar-refractivity contribution in [3.05, 3.63) is 21.9 Å². The van der Waals surface area contributed by atoms with Gasteiger partial charge in [-0.2, -0.15) is 13.2 Å². The van der Waals surface area contributed by atoms with Crippen molar-refractivity contribution in [1.82, 2.24) is 9.71 Å². The standard InChI is InChI=1S/C9H9BrClF3N2O2S/c1-5(3-9(12,13)14)16-19(17,18)7-2-6(10)4-15-8(7)11/h2,4-5,16H,3H2,1H3. The van der Waals surface area contributed by atoms with Crippen LogP contribution in [0.3, 0.4) is 0 Å². The van der Waals surface area contributed by atoms with Crippen LogP contribution in [-0.2, 0) is 10.0 Å². The minimum atomic E-state index is -4.46. The number of hydrogen-bond acceptors (Lipinski definition) is 3. The number of sulfonamides is 1. The summed E-state index contributed by atoms with van der Waals surface area (Å²) < 4.78 is 62.4. The minimum Gasteiger partial charge on any atom is -0.242 e. The third-order valence-corrected chi connectivity index (χ3v) is 4.41. The molecule has 0 fully saturated rings. The normalized spacial score (nSPS) is 14.4. The Bertz CT molecular complexity index is 565. The van der Waals surface area contributed by atoms with Gasteiger partial charge in [0.2, 0.25) is 10.0 Å². The van der Waals surface area contributed by atoms with Crippen molar-refractivity contribution in [2.24, 2.45) is 0 Å². The molecule has 0 saturated carbocycles. The first-order valence-corrected chi connectivity index (χ1v) is 7.57. The van der Waals surface area contributed by atoms with Gasteiger partial charge >= 0.3 is 6.18 Å². The maximum atomic E-state index is 12.1. The quantitative estimate of drug-likeness (QED) is 0.815. The van der Waals surface area contributed by atoms with Crippen molar-refractivity contribution in [2.45, 2.75) is 30.5 Å². The van der Waals surface area contributed by atoms with Crippen molar-refractivity contribution >= 4 is 37.6 Å². The molecule has 0 amide bonds. The van der Waals surface area contributed by atoms with Crippen LogP contribution in [0.15, 0.2) is 21.6 Å². The van der Waals surface area contributed by atoms with Gasteiger partial charge in [-0.15, -0.1) is 0 Å². The maximum absolute atomic E-state index is 12.1. The molecule has 10 heteroatoms. The number of rotatable bonds is 4. The van der Waals surface area contributed by atoms with Gasteiger partial charge in [0.15, 0.2) is 0 Å². The molecule has 0 spiro atoms. The van der Waals surface area contributed by atoms with Gasteiger partial charge < -0.3 is 0 Å². The Hall–Kier alpha value is -0.380. The lowest BCUT2D eigenvalue weighted by molar-refractivity contribution is -0.137. The van der Waals surface area contributed by atoms with E-state index in [1.165, 1.54) is 6.20 Å². The Morgan fingerprint density at radius 2 is 2.11 bits per heavy atom. The zero-order valence-electron chi connectivity index (χ0n) is 9.50. The average Bonchev–Trinajstić information content (AvgIpc) is 2.17. The Morgan fingerprint density at radius 1 is 1.53 bits per heavy atom. The summed E-state index contributed by atoms with van der Waals surface area (Å²) in [5, 5.41) is -0.310. The molecule has 1 rings (SSSR count). The van der Waals surface area contributed by atoms with Crippen LogP contribution in [-0.4, -0.2) is 25.6 Å². The summed E-state index contributed by atoms with van der Waals surface area (Å²) in [6.07, 6.45) is -4.45. The van der Waals surface area contributed by atoms with E-state index in [-0.39, 0.29) is 10.0 Å². The summed E-state index contributed by atoms with van der Waals surface area (Å²) in [6.45, 7) is 1.12. The van der Waals surface area contributed by atoms with Crippen LogP contribution >= 0.6 is 27.5 Å². The van der Waals surface area contributed by atoms with Crippen molar-refractivity contribution in [3.8, 4) is 0 Å². The summed E-state index contributed by atoms with van der Waals surface area (Å²) >= 11 is 8.63. The monoisotopic (exact) mass is 380 g/mol. The first kappa shape index (κ1) is 16.7. The lowest BCUT2D eigenvalue weighted by atomic mass is 10.2. The molecule has 108 valence electrons. The Kier molecular flexibility index (Phi) is 5.21. The van der Waals surface area contributed by atoms with Crippen molar-refractivity contribution in [1.29, 1.82) is 0 Å². The second-order valence-corrected chi connectivity index (χ2v) is 6.74. The highest BCUT2D eigenvalue weighted by atomic mass is 79.9. The van der Waals surface area contributed by atoms with Crippen molar-refractivity contribution in [2.75, 3.05) is 0 Å². The molecule has 1 atom stereocenters. The van der Waals surface area contributed by atoms with E-state index in [0.29, 0.717) is 4.47 Å². The molecule has 1 unspecified atom stereocenters. The molecule has 1 aromatic heterocycles. The summed E-state index contributed by atoms with van der Waals surface area (Å²) in [4.78, 5) is 3.23. The highest BCUT2D eigenvalue weighted by Gasteiger charge is 2.32. The summed E-state index contributed by atoms with van der Waals surface area (Å²) in [5.41, 5.74) is 0. The second-order valence-electron chi connectivity index (χ2n) is 3.78. The number of alkyl halides is 3. The van der Waals surface area contributed by atoms with Gasteiger partial charge in [0.1, 0.15) is 10.0 Å². The van der Waals surface area contributed by atoms with Crippen LogP contribution in [0.1, 0.15) is 13.3 Å². The maximum Gasteiger partial charge on any atom is 0.390 e. The zero-order valence-corrected chi connectivity index (χ0v) is 12.7. The topological polar surface area (TPSA) is 59.1 Å². The van der Waals surface area contributed by atoms with E-state index < -0.39 is 28.7 Å². The van der Waals surface area contributed by atoms with Gasteiger partial charge in [-0.3, -0.25) is 0 Å². The van der Waals surface area contributed by atoms with Gasteiger partial charge in [-0.25, -0.2) is 18.1 Å². The molecule has 0 aromatic carbocycles. The van der Waals surface area contributed by atoms with Gasteiger partial charge in [0.25, 0.3) is 0 Å². The number of nitrogens with zero attached hydrogens (tertiary/aromatic N) is 1. The number of halogens is 5. The zero-order chi connectivity index (χ0) is 14.8. The number of pyridine rings is 1. The van der Waals surface area contributed by atoms with E-state index in [0.717, 1.165) is 13.0 Å². The fraction of sp³-hybridized carbons (Fsp3) is 0.444. The first-order chi connectivity index (χ1) is 8.51. The molecule has 4 nitrogen and oxygen atoms in total. The molecule has 0 bridgehead atoms. The van der Waals surface area contributed by atoms with Gasteiger partial charge in [0.05, 0.1) is 6.42 Å². The third kappa shape index (κ3) is 5.25. The van der Waals surface area contributed by atoms with E-state index in [2.05, 4.69) is 20.9 Å². The van der Waals surface area contributed by atoms with Crippen LogP contribution in [0, 0.1) is 0 Å². The summed E-state index contributed by atoms with van der Waals surface area (Å²) in [7, 11) is -4.16.